The van der Waals surface area contributed by atoms with Crippen molar-refractivity contribution < 1.29 is 19.4 Å². The van der Waals surface area contributed by atoms with Gasteiger partial charge in [-0.2, -0.15) is 0 Å². The predicted molar refractivity (Wildman–Crippen MR) is 80.0 cm³/mol. The lowest BCUT2D eigenvalue weighted by molar-refractivity contribution is -0.141. The molecule has 118 valence electrons. The molecule has 21 heavy (non-hydrogen) atoms. The van der Waals surface area contributed by atoms with E-state index in [2.05, 4.69) is 4.74 Å². The fraction of sp³-hybridized carbons (Fsp3) is 0.533. The van der Waals surface area contributed by atoms with Crippen LogP contribution in [0, 0.1) is 0 Å². The Bertz CT molecular complexity index is 439. The molecule has 0 amide bonds. The van der Waals surface area contributed by atoms with E-state index in [1.165, 1.54) is 7.11 Å². The third-order valence-electron chi connectivity index (χ3n) is 3.07. The van der Waals surface area contributed by atoms with Crippen LogP contribution in [0.4, 0.5) is 0 Å². The van der Waals surface area contributed by atoms with Crippen LogP contribution in [0.25, 0.3) is 0 Å². The van der Waals surface area contributed by atoms with E-state index in [9.17, 15) is 9.90 Å². The van der Waals surface area contributed by atoms with Crippen molar-refractivity contribution in [1.82, 2.24) is 4.90 Å². The summed E-state index contributed by atoms with van der Waals surface area (Å²) in [6, 6.07) is 7.48. The van der Waals surface area contributed by atoms with Crippen LogP contribution in [0.3, 0.4) is 0 Å². The maximum atomic E-state index is 11.0. The number of carbonyl (C=O) groups is 1. The smallest absolute Gasteiger partial charge is 0.306 e. The molecule has 1 aromatic rings. The Hall–Kier alpha value is -1.63. The molecule has 3 N–H and O–H groups in total. The standard InChI is InChI=1S/C15H24N2O4/c1-17(8-7-15(19)20-2)10-13(18)11-21-14-6-4-3-5-12(14)9-16/h3-6,13,18H,7-11,16H2,1-2H3. The van der Waals surface area contributed by atoms with Crippen molar-refractivity contribution in [2.24, 2.45) is 5.73 Å². The second-order valence-electron chi connectivity index (χ2n) is 4.87. The van der Waals surface area contributed by atoms with Crippen molar-refractivity contribution in [3.05, 3.63) is 29.8 Å². The fourth-order valence-corrected chi connectivity index (χ4v) is 1.89. The Balaban J connectivity index is 2.33. The molecule has 0 saturated heterocycles. The van der Waals surface area contributed by atoms with E-state index in [-0.39, 0.29) is 12.6 Å². The van der Waals surface area contributed by atoms with Crippen LogP contribution >= 0.6 is 0 Å². The maximum Gasteiger partial charge on any atom is 0.306 e. The van der Waals surface area contributed by atoms with Gasteiger partial charge in [0.1, 0.15) is 18.5 Å². The molecule has 0 heterocycles. The molecule has 0 spiro atoms. The van der Waals surface area contributed by atoms with Crippen molar-refractivity contribution in [2.75, 3.05) is 33.9 Å². The zero-order valence-electron chi connectivity index (χ0n) is 12.6. The van der Waals surface area contributed by atoms with Gasteiger partial charge in [-0.05, 0) is 13.1 Å². The second-order valence-corrected chi connectivity index (χ2v) is 4.87. The van der Waals surface area contributed by atoms with E-state index in [1.807, 2.05) is 36.2 Å². The Morgan fingerprint density at radius 1 is 1.43 bits per heavy atom. The van der Waals surface area contributed by atoms with Gasteiger partial charge in [-0.25, -0.2) is 0 Å². The van der Waals surface area contributed by atoms with Crippen LogP contribution < -0.4 is 10.5 Å². The summed E-state index contributed by atoms with van der Waals surface area (Å²) in [5, 5.41) is 9.95. The Labute approximate surface area is 125 Å². The number of aliphatic hydroxyl groups excluding tert-OH is 1. The van der Waals surface area contributed by atoms with E-state index >= 15 is 0 Å². The summed E-state index contributed by atoms with van der Waals surface area (Å²) in [5.41, 5.74) is 6.53. The number of esters is 1. The number of likely N-dealkylation sites (N-methyl/N-ethyl adjacent to an activating group) is 1. The Morgan fingerprint density at radius 3 is 2.81 bits per heavy atom. The topological polar surface area (TPSA) is 85.0 Å². The molecule has 6 heteroatoms. The van der Waals surface area contributed by atoms with Crippen molar-refractivity contribution >= 4 is 5.97 Å². The molecular formula is C15H24N2O4. The lowest BCUT2D eigenvalue weighted by Crippen LogP contribution is -2.34. The van der Waals surface area contributed by atoms with Crippen LogP contribution in [0.2, 0.25) is 0 Å². The third-order valence-corrected chi connectivity index (χ3v) is 3.07. The molecule has 1 rings (SSSR count). The average molecular weight is 296 g/mol. The van der Waals surface area contributed by atoms with Crippen LogP contribution in [0.5, 0.6) is 5.75 Å². The molecule has 1 atom stereocenters. The number of hydrogen-bond acceptors (Lipinski definition) is 6. The second kappa shape index (κ2) is 9.33. The van der Waals surface area contributed by atoms with Gasteiger partial charge in [0.2, 0.25) is 0 Å². The molecule has 1 aromatic carbocycles. The number of para-hydroxylation sites is 1. The molecule has 0 radical (unpaired) electrons. The number of nitrogens with two attached hydrogens (primary N) is 1. The summed E-state index contributed by atoms with van der Waals surface area (Å²) in [7, 11) is 3.19. The minimum atomic E-state index is -0.640. The molecule has 0 saturated carbocycles. The summed E-state index contributed by atoms with van der Waals surface area (Å²) in [6.07, 6.45) is -0.338. The molecule has 0 bridgehead atoms. The third kappa shape index (κ3) is 6.57. The first kappa shape index (κ1) is 17.4. The summed E-state index contributed by atoms with van der Waals surface area (Å²) in [4.78, 5) is 12.9. The average Bonchev–Trinajstić information content (AvgIpc) is 2.50. The minimum Gasteiger partial charge on any atom is -0.491 e. The number of rotatable bonds is 9. The molecule has 0 aliphatic heterocycles. The summed E-state index contributed by atoms with van der Waals surface area (Å²) < 4.78 is 10.2. The van der Waals surface area contributed by atoms with Gasteiger partial charge in [-0.15, -0.1) is 0 Å². The molecule has 1 unspecified atom stereocenters. The van der Waals surface area contributed by atoms with E-state index in [0.29, 0.717) is 31.8 Å². The molecular weight excluding hydrogens is 272 g/mol. The van der Waals surface area contributed by atoms with Gasteiger partial charge in [-0.3, -0.25) is 4.79 Å². The number of methoxy groups -OCH3 is 1. The first-order chi connectivity index (χ1) is 10.1. The molecule has 0 aromatic heterocycles. The Morgan fingerprint density at radius 2 is 2.14 bits per heavy atom. The first-order valence-corrected chi connectivity index (χ1v) is 6.91. The highest BCUT2D eigenvalue weighted by Crippen LogP contribution is 2.17. The predicted octanol–water partition coefficient (Wildman–Crippen LogP) is 0.380. The largest absolute Gasteiger partial charge is 0.491 e. The highest BCUT2D eigenvalue weighted by molar-refractivity contribution is 5.69. The summed E-state index contributed by atoms with van der Waals surface area (Å²) in [6.45, 7) is 1.52. The van der Waals surface area contributed by atoms with E-state index in [0.717, 1.165) is 5.56 Å². The highest BCUT2D eigenvalue weighted by Gasteiger charge is 2.11. The van der Waals surface area contributed by atoms with Gasteiger partial charge in [0, 0.05) is 25.2 Å². The Kier molecular flexibility index (Phi) is 7.74. The van der Waals surface area contributed by atoms with Gasteiger partial charge < -0.3 is 25.2 Å². The van der Waals surface area contributed by atoms with Crippen LogP contribution in [0.15, 0.2) is 24.3 Å². The van der Waals surface area contributed by atoms with E-state index in [1.54, 1.807) is 0 Å². The first-order valence-electron chi connectivity index (χ1n) is 6.91. The van der Waals surface area contributed by atoms with Gasteiger partial charge >= 0.3 is 5.97 Å². The molecule has 6 nitrogen and oxygen atoms in total. The van der Waals surface area contributed by atoms with Crippen molar-refractivity contribution in [3.8, 4) is 5.75 Å². The van der Waals surface area contributed by atoms with Gasteiger partial charge in [0.15, 0.2) is 0 Å². The van der Waals surface area contributed by atoms with Crippen LogP contribution in [-0.4, -0.2) is 55.9 Å². The zero-order chi connectivity index (χ0) is 15.7. The SMILES string of the molecule is COC(=O)CCN(C)CC(O)COc1ccccc1CN. The van der Waals surface area contributed by atoms with Gasteiger partial charge in [0.05, 0.1) is 13.5 Å². The minimum absolute atomic E-state index is 0.180. The highest BCUT2D eigenvalue weighted by atomic mass is 16.5. The maximum absolute atomic E-state index is 11.0. The van der Waals surface area contributed by atoms with E-state index in [4.69, 9.17) is 10.5 Å². The number of hydrogen-bond donors (Lipinski definition) is 2. The number of benzene rings is 1. The number of ether oxygens (including phenoxy) is 2. The zero-order valence-corrected chi connectivity index (χ0v) is 12.6. The van der Waals surface area contributed by atoms with Crippen LogP contribution in [-0.2, 0) is 16.1 Å². The van der Waals surface area contributed by atoms with E-state index < -0.39 is 6.10 Å². The van der Waals surface area contributed by atoms with Crippen molar-refractivity contribution in [2.45, 2.75) is 19.1 Å². The lowest BCUT2D eigenvalue weighted by Gasteiger charge is -2.20. The number of carbonyl (C=O) groups excluding carboxylic acids is 1. The summed E-state index contributed by atoms with van der Waals surface area (Å²) >= 11 is 0. The van der Waals surface area contributed by atoms with Crippen molar-refractivity contribution in [1.29, 1.82) is 0 Å². The fourth-order valence-electron chi connectivity index (χ4n) is 1.89. The van der Waals surface area contributed by atoms with Crippen molar-refractivity contribution in [3.63, 3.8) is 0 Å². The molecule has 0 aliphatic rings. The number of nitrogens with zero attached hydrogens (tertiary/aromatic N) is 1. The van der Waals surface area contributed by atoms with Crippen LogP contribution in [0.1, 0.15) is 12.0 Å². The van der Waals surface area contributed by atoms with Gasteiger partial charge in [-0.1, -0.05) is 18.2 Å². The quantitative estimate of drug-likeness (QED) is 0.641. The lowest BCUT2D eigenvalue weighted by atomic mass is 10.2. The monoisotopic (exact) mass is 296 g/mol. The summed E-state index contributed by atoms with van der Waals surface area (Å²) in [5.74, 6) is 0.431. The molecule has 0 aliphatic carbocycles. The number of aliphatic hydroxyl groups is 1. The van der Waals surface area contributed by atoms with Gasteiger partial charge in [0.25, 0.3) is 0 Å². The molecule has 0 fully saturated rings. The normalized spacial score (nSPS) is 12.2.